The third-order valence-electron chi connectivity index (χ3n) is 6.90. The predicted octanol–water partition coefficient (Wildman–Crippen LogP) is 10.8. The van der Waals surface area contributed by atoms with Gasteiger partial charge in [-0.05, 0) is 12.8 Å². The first-order chi connectivity index (χ1) is 18.0. The van der Waals surface area contributed by atoms with E-state index in [2.05, 4.69) is 0 Å². The molecule has 0 aromatic rings. The molecular weight excluding hydrogens is 562 g/mol. The maximum Gasteiger partial charge on any atom is 0.460 e. The van der Waals surface area contributed by atoms with E-state index in [0.29, 0.717) is 19.3 Å². The fourth-order valence-corrected chi connectivity index (χ4v) is 5.05. The Balaban J connectivity index is 3.55. The second-order valence-electron chi connectivity index (χ2n) is 10.6. The number of alkyl halides is 9. The lowest BCUT2D eigenvalue weighted by Gasteiger charge is -2.33. The molecule has 0 bridgehead atoms. The largest absolute Gasteiger partial charge is 0.460 e. The molecule has 0 heterocycles. The number of unbranched alkanes of at least 4 members (excludes halogenated alkanes) is 19. The maximum absolute atomic E-state index is 13.5. The van der Waals surface area contributed by atoms with Crippen LogP contribution in [0.1, 0.15) is 135 Å². The van der Waals surface area contributed by atoms with Gasteiger partial charge >= 0.3 is 31.5 Å². The lowest BCUT2D eigenvalue weighted by molar-refractivity contribution is -0.396. The number of hydrogen-bond donors (Lipinski definition) is 2. The first kappa shape index (κ1) is 38.5. The lowest BCUT2D eigenvalue weighted by Crippen LogP contribution is -2.60. The van der Waals surface area contributed by atoms with Gasteiger partial charge in [-0.1, -0.05) is 116 Å². The summed E-state index contributed by atoms with van der Waals surface area (Å²) in [6, 6.07) is 0. The summed E-state index contributed by atoms with van der Waals surface area (Å²) >= 11 is 0. The molecule has 0 amide bonds. The van der Waals surface area contributed by atoms with Gasteiger partial charge in [0.25, 0.3) is 0 Å². The van der Waals surface area contributed by atoms with Crippen molar-refractivity contribution in [1.82, 2.24) is 0 Å². The average Bonchev–Trinajstić information content (AvgIpc) is 2.80. The van der Waals surface area contributed by atoms with Gasteiger partial charge in [-0.2, -0.15) is 39.5 Å². The zero-order valence-electron chi connectivity index (χ0n) is 22.7. The van der Waals surface area contributed by atoms with Crippen molar-refractivity contribution >= 4 is 7.60 Å². The standard InChI is InChI=1S/C26H46F9O3P/c27-23(28,24(29,30)25(31,32)26(33,34)35)21-19-17-15-13-11-9-7-5-3-1-2-4-6-8-10-12-14-16-18-20-22-39(36,37)38/h1-22H2,(H2,36,37,38). The minimum Gasteiger partial charge on any atom is -0.324 e. The Bertz CT molecular complexity index is 668. The van der Waals surface area contributed by atoms with Crippen molar-refractivity contribution in [3.63, 3.8) is 0 Å². The van der Waals surface area contributed by atoms with Crippen LogP contribution in [0.4, 0.5) is 39.5 Å². The van der Waals surface area contributed by atoms with Crippen LogP contribution in [0.25, 0.3) is 0 Å². The van der Waals surface area contributed by atoms with Crippen LogP contribution in [0.2, 0.25) is 0 Å². The van der Waals surface area contributed by atoms with Crippen molar-refractivity contribution in [2.24, 2.45) is 0 Å². The maximum atomic E-state index is 13.5. The first-order valence-corrected chi connectivity index (χ1v) is 16.0. The minimum atomic E-state index is -6.80. The number of hydrogen-bond acceptors (Lipinski definition) is 1. The van der Waals surface area contributed by atoms with Gasteiger partial charge < -0.3 is 9.79 Å². The third-order valence-corrected chi connectivity index (χ3v) is 7.80. The molecule has 2 N–H and O–H groups in total. The number of halogens is 9. The molecule has 13 heteroatoms. The fourth-order valence-electron chi connectivity index (χ4n) is 4.41. The zero-order chi connectivity index (χ0) is 30.1. The van der Waals surface area contributed by atoms with Gasteiger partial charge in [-0.25, -0.2) is 0 Å². The summed E-state index contributed by atoms with van der Waals surface area (Å²) in [5.41, 5.74) is 0. The van der Waals surface area contributed by atoms with Crippen molar-refractivity contribution in [3.8, 4) is 0 Å². The highest BCUT2D eigenvalue weighted by atomic mass is 31.2. The van der Waals surface area contributed by atoms with E-state index in [4.69, 9.17) is 9.79 Å². The summed E-state index contributed by atoms with van der Waals surface area (Å²) in [5, 5.41) is 0. The van der Waals surface area contributed by atoms with Gasteiger partial charge in [0.2, 0.25) is 0 Å². The Morgan fingerprint density at radius 3 is 0.923 bits per heavy atom. The quantitative estimate of drug-likeness (QED) is 0.0616. The summed E-state index contributed by atoms with van der Waals surface area (Å²) in [6.07, 6.45) is 8.87. The topological polar surface area (TPSA) is 57.5 Å². The van der Waals surface area contributed by atoms with Crippen LogP contribution in [0, 0.1) is 0 Å². The van der Waals surface area contributed by atoms with Gasteiger partial charge in [-0.15, -0.1) is 0 Å². The molecule has 3 nitrogen and oxygen atoms in total. The van der Waals surface area contributed by atoms with Crippen molar-refractivity contribution in [1.29, 1.82) is 0 Å². The SMILES string of the molecule is O=P(O)(O)CCCCCCCCCCCCCCCCCCCCCCC(F)(F)C(F)(F)C(F)(F)C(F)(F)F. The molecule has 0 aliphatic carbocycles. The average molecular weight is 609 g/mol. The first-order valence-electron chi connectivity index (χ1n) is 14.2. The Morgan fingerprint density at radius 2 is 0.667 bits per heavy atom. The summed E-state index contributed by atoms with van der Waals surface area (Å²) in [7, 11) is -3.85. The van der Waals surface area contributed by atoms with Crippen LogP contribution >= 0.6 is 7.60 Å². The van der Waals surface area contributed by atoms with E-state index in [1.54, 1.807) is 0 Å². The molecule has 39 heavy (non-hydrogen) atoms. The van der Waals surface area contributed by atoms with E-state index >= 15 is 0 Å². The lowest BCUT2D eigenvalue weighted by atomic mass is 9.97. The molecule has 0 aliphatic rings. The Hall–Kier alpha value is -0.480. The predicted molar refractivity (Wildman–Crippen MR) is 135 cm³/mol. The van der Waals surface area contributed by atoms with E-state index in [0.717, 1.165) is 64.2 Å². The molecular formula is C26H46F9O3P. The molecule has 236 valence electrons. The smallest absolute Gasteiger partial charge is 0.324 e. The van der Waals surface area contributed by atoms with Gasteiger partial charge in [0.05, 0.1) is 0 Å². The fraction of sp³-hybridized carbons (Fsp3) is 1.00. The molecule has 0 saturated heterocycles. The Kier molecular flexibility index (Phi) is 18.6. The van der Waals surface area contributed by atoms with Crippen LogP contribution in [-0.4, -0.2) is 39.9 Å². The van der Waals surface area contributed by atoms with Gasteiger partial charge in [0, 0.05) is 12.6 Å². The Morgan fingerprint density at radius 1 is 0.410 bits per heavy atom. The van der Waals surface area contributed by atoms with Gasteiger partial charge in [0.1, 0.15) is 0 Å². The second kappa shape index (κ2) is 18.9. The molecule has 0 rings (SSSR count). The van der Waals surface area contributed by atoms with E-state index in [1.165, 1.54) is 32.1 Å². The molecule has 0 unspecified atom stereocenters. The zero-order valence-corrected chi connectivity index (χ0v) is 23.6. The van der Waals surface area contributed by atoms with Crippen molar-refractivity contribution in [2.75, 3.05) is 6.16 Å². The molecule has 0 spiro atoms. The summed E-state index contributed by atoms with van der Waals surface area (Å²) in [6.45, 7) is 0. The number of rotatable bonds is 25. The third kappa shape index (κ3) is 16.5. The molecule has 0 aromatic carbocycles. The van der Waals surface area contributed by atoms with Crippen LogP contribution in [0.15, 0.2) is 0 Å². The van der Waals surface area contributed by atoms with E-state index in [1.807, 2.05) is 0 Å². The van der Waals surface area contributed by atoms with Crippen LogP contribution in [0.3, 0.4) is 0 Å². The van der Waals surface area contributed by atoms with Gasteiger partial charge in [-0.3, -0.25) is 4.57 Å². The molecule has 0 saturated carbocycles. The van der Waals surface area contributed by atoms with Gasteiger partial charge in [0.15, 0.2) is 0 Å². The molecule has 0 aromatic heterocycles. The van der Waals surface area contributed by atoms with E-state index in [9.17, 15) is 44.1 Å². The van der Waals surface area contributed by atoms with Crippen LogP contribution in [0.5, 0.6) is 0 Å². The summed E-state index contributed by atoms with van der Waals surface area (Å²) < 4.78 is 126. The molecule has 0 radical (unpaired) electrons. The summed E-state index contributed by atoms with van der Waals surface area (Å²) in [4.78, 5) is 17.6. The molecule has 0 atom stereocenters. The molecule has 0 fully saturated rings. The monoisotopic (exact) mass is 608 g/mol. The Labute approximate surface area is 226 Å². The van der Waals surface area contributed by atoms with Crippen molar-refractivity contribution < 1.29 is 53.9 Å². The highest BCUT2D eigenvalue weighted by Crippen LogP contribution is 2.54. The highest BCUT2D eigenvalue weighted by Gasteiger charge is 2.81. The minimum absolute atomic E-state index is 0.0252. The van der Waals surface area contributed by atoms with Crippen molar-refractivity contribution in [3.05, 3.63) is 0 Å². The highest BCUT2D eigenvalue weighted by molar-refractivity contribution is 7.51. The van der Waals surface area contributed by atoms with Crippen LogP contribution < -0.4 is 0 Å². The van der Waals surface area contributed by atoms with Crippen LogP contribution in [-0.2, 0) is 4.57 Å². The van der Waals surface area contributed by atoms with E-state index in [-0.39, 0.29) is 12.6 Å². The molecule has 0 aliphatic heterocycles. The van der Waals surface area contributed by atoms with Crippen molar-refractivity contribution in [2.45, 2.75) is 159 Å². The second-order valence-corrected chi connectivity index (χ2v) is 12.3. The normalized spacial score (nSPS) is 13.8. The summed E-state index contributed by atoms with van der Waals surface area (Å²) in [5.74, 6) is -18.8. The van der Waals surface area contributed by atoms with E-state index < -0.39 is 44.4 Å².